The minimum atomic E-state index is 0.491. The molecule has 0 spiro atoms. The maximum absolute atomic E-state index is 3.40. The van der Waals surface area contributed by atoms with Crippen molar-refractivity contribution in [1.82, 2.24) is 5.32 Å². The van der Waals surface area contributed by atoms with Gasteiger partial charge >= 0.3 is 0 Å². The minimum absolute atomic E-state index is 0.491. The molecule has 2 rings (SSSR count). The van der Waals surface area contributed by atoms with Gasteiger partial charge in [-0.2, -0.15) is 0 Å². The Bertz CT molecular complexity index is 312. The van der Waals surface area contributed by atoms with Crippen LogP contribution < -0.4 is 15.5 Å². The lowest BCUT2D eigenvalue weighted by Crippen LogP contribution is -2.43. The number of nitrogens with zero attached hydrogens (tertiary/aromatic N) is 1. The van der Waals surface area contributed by atoms with Crippen LogP contribution in [0, 0.1) is 0 Å². The molecular formula is C13H21N3. The van der Waals surface area contributed by atoms with Gasteiger partial charge in [-0.25, -0.2) is 0 Å². The number of hydrogen-bond acceptors (Lipinski definition) is 3. The van der Waals surface area contributed by atoms with Crippen molar-refractivity contribution in [2.75, 3.05) is 36.4 Å². The van der Waals surface area contributed by atoms with Crippen molar-refractivity contribution in [2.24, 2.45) is 0 Å². The van der Waals surface area contributed by atoms with Gasteiger partial charge < -0.3 is 15.5 Å². The van der Waals surface area contributed by atoms with Crippen molar-refractivity contribution in [3.63, 3.8) is 0 Å². The SMILES string of the molecule is CC(C)Nc1ccc(N2CCNCC2)cc1. The molecule has 0 saturated carbocycles. The van der Waals surface area contributed by atoms with Gasteiger partial charge in [0.05, 0.1) is 0 Å². The molecular weight excluding hydrogens is 198 g/mol. The molecule has 0 amide bonds. The third-order valence-electron chi connectivity index (χ3n) is 2.80. The fraction of sp³-hybridized carbons (Fsp3) is 0.538. The summed E-state index contributed by atoms with van der Waals surface area (Å²) in [5, 5.41) is 6.77. The van der Waals surface area contributed by atoms with E-state index in [0.29, 0.717) is 6.04 Å². The first-order valence-corrected chi connectivity index (χ1v) is 6.08. The van der Waals surface area contributed by atoms with E-state index < -0.39 is 0 Å². The van der Waals surface area contributed by atoms with Crippen LogP contribution in [-0.4, -0.2) is 32.2 Å². The molecule has 1 fully saturated rings. The highest BCUT2D eigenvalue weighted by Gasteiger charge is 2.09. The van der Waals surface area contributed by atoms with Crippen LogP contribution in [0.25, 0.3) is 0 Å². The third kappa shape index (κ3) is 2.89. The van der Waals surface area contributed by atoms with E-state index in [1.54, 1.807) is 0 Å². The zero-order chi connectivity index (χ0) is 11.4. The van der Waals surface area contributed by atoms with Crippen LogP contribution in [0.2, 0.25) is 0 Å². The summed E-state index contributed by atoms with van der Waals surface area (Å²) in [5.74, 6) is 0. The molecule has 1 aromatic carbocycles. The van der Waals surface area contributed by atoms with Crippen LogP contribution in [0.1, 0.15) is 13.8 Å². The molecule has 0 atom stereocenters. The molecule has 0 bridgehead atoms. The van der Waals surface area contributed by atoms with Gasteiger partial charge in [-0.1, -0.05) is 0 Å². The Morgan fingerprint density at radius 3 is 2.31 bits per heavy atom. The lowest BCUT2D eigenvalue weighted by Gasteiger charge is -2.29. The van der Waals surface area contributed by atoms with E-state index in [1.807, 2.05) is 0 Å². The highest BCUT2D eigenvalue weighted by atomic mass is 15.2. The lowest BCUT2D eigenvalue weighted by atomic mass is 10.2. The van der Waals surface area contributed by atoms with Crippen LogP contribution in [0.5, 0.6) is 0 Å². The Balaban J connectivity index is 2.00. The summed E-state index contributed by atoms with van der Waals surface area (Å²) in [7, 11) is 0. The zero-order valence-corrected chi connectivity index (χ0v) is 10.2. The number of hydrogen-bond donors (Lipinski definition) is 2. The van der Waals surface area contributed by atoms with Crippen LogP contribution >= 0.6 is 0 Å². The first-order valence-electron chi connectivity index (χ1n) is 6.08. The van der Waals surface area contributed by atoms with Gasteiger partial charge in [0.25, 0.3) is 0 Å². The molecule has 0 radical (unpaired) electrons. The van der Waals surface area contributed by atoms with E-state index in [4.69, 9.17) is 0 Å². The first-order chi connectivity index (χ1) is 7.75. The van der Waals surface area contributed by atoms with Crippen molar-refractivity contribution < 1.29 is 0 Å². The van der Waals surface area contributed by atoms with E-state index in [2.05, 4.69) is 53.6 Å². The van der Waals surface area contributed by atoms with Crippen molar-refractivity contribution >= 4 is 11.4 Å². The van der Waals surface area contributed by atoms with E-state index in [-0.39, 0.29) is 0 Å². The van der Waals surface area contributed by atoms with Gasteiger partial charge in [0.1, 0.15) is 0 Å². The van der Waals surface area contributed by atoms with E-state index in [0.717, 1.165) is 26.2 Å². The average Bonchev–Trinajstić information content (AvgIpc) is 2.30. The summed E-state index contributed by atoms with van der Waals surface area (Å²) in [6, 6.07) is 9.23. The summed E-state index contributed by atoms with van der Waals surface area (Å²) >= 11 is 0. The molecule has 0 aromatic heterocycles. The molecule has 16 heavy (non-hydrogen) atoms. The smallest absolute Gasteiger partial charge is 0.0368 e. The van der Waals surface area contributed by atoms with E-state index >= 15 is 0 Å². The highest BCUT2D eigenvalue weighted by molar-refractivity contribution is 5.55. The average molecular weight is 219 g/mol. The predicted molar refractivity (Wildman–Crippen MR) is 70.3 cm³/mol. The molecule has 88 valence electrons. The number of piperazine rings is 1. The zero-order valence-electron chi connectivity index (χ0n) is 10.2. The molecule has 2 N–H and O–H groups in total. The molecule has 1 aromatic rings. The van der Waals surface area contributed by atoms with Crippen LogP contribution in [-0.2, 0) is 0 Å². The fourth-order valence-electron chi connectivity index (χ4n) is 2.02. The van der Waals surface area contributed by atoms with Crippen LogP contribution in [0.15, 0.2) is 24.3 Å². The second-order valence-corrected chi connectivity index (χ2v) is 4.58. The minimum Gasteiger partial charge on any atom is -0.383 e. The van der Waals surface area contributed by atoms with Crippen LogP contribution in [0.3, 0.4) is 0 Å². The summed E-state index contributed by atoms with van der Waals surface area (Å²) in [6.45, 7) is 8.71. The number of nitrogens with one attached hydrogen (secondary N) is 2. The molecule has 0 aliphatic carbocycles. The Morgan fingerprint density at radius 2 is 1.75 bits per heavy atom. The fourth-order valence-corrected chi connectivity index (χ4v) is 2.02. The maximum atomic E-state index is 3.40. The van der Waals surface area contributed by atoms with Gasteiger partial charge in [0.15, 0.2) is 0 Å². The van der Waals surface area contributed by atoms with Gasteiger partial charge in [0.2, 0.25) is 0 Å². The summed E-state index contributed by atoms with van der Waals surface area (Å²) in [4.78, 5) is 2.43. The van der Waals surface area contributed by atoms with Gasteiger partial charge in [-0.3, -0.25) is 0 Å². The summed E-state index contributed by atoms with van der Waals surface area (Å²) < 4.78 is 0. The summed E-state index contributed by atoms with van der Waals surface area (Å²) in [6.07, 6.45) is 0. The Morgan fingerprint density at radius 1 is 1.12 bits per heavy atom. The first kappa shape index (κ1) is 11.3. The Hall–Kier alpha value is -1.22. The number of rotatable bonds is 3. The van der Waals surface area contributed by atoms with Crippen LogP contribution in [0.4, 0.5) is 11.4 Å². The summed E-state index contributed by atoms with van der Waals surface area (Å²) in [5.41, 5.74) is 2.53. The van der Waals surface area contributed by atoms with Crippen molar-refractivity contribution in [3.05, 3.63) is 24.3 Å². The Kier molecular flexibility index (Phi) is 3.67. The van der Waals surface area contributed by atoms with Gasteiger partial charge in [0, 0.05) is 43.6 Å². The van der Waals surface area contributed by atoms with Gasteiger partial charge in [-0.05, 0) is 38.1 Å². The number of benzene rings is 1. The maximum Gasteiger partial charge on any atom is 0.0368 e. The molecule has 1 saturated heterocycles. The largest absolute Gasteiger partial charge is 0.383 e. The topological polar surface area (TPSA) is 27.3 Å². The normalized spacial score (nSPS) is 16.6. The van der Waals surface area contributed by atoms with Crippen molar-refractivity contribution in [3.8, 4) is 0 Å². The molecule has 1 heterocycles. The predicted octanol–water partition coefficient (Wildman–Crippen LogP) is 1.92. The molecule has 3 nitrogen and oxygen atoms in total. The molecule has 1 aliphatic heterocycles. The standard InChI is InChI=1S/C13H21N3/c1-11(2)15-12-3-5-13(6-4-12)16-9-7-14-8-10-16/h3-6,11,14-15H,7-10H2,1-2H3. The van der Waals surface area contributed by atoms with E-state index in [9.17, 15) is 0 Å². The monoisotopic (exact) mass is 219 g/mol. The van der Waals surface area contributed by atoms with Gasteiger partial charge in [-0.15, -0.1) is 0 Å². The van der Waals surface area contributed by atoms with E-state index in [1.165, 1.54) is 11.4 Å². The molecule has 1 aliphatic rings. The second kappa shape index (κ2) is 5.21. The lowest BCUT2D eigenvalue weighted by molar-refractivity contribution is 0.589. The molecule has 0 unspecified atom stereocenters. The Labute approximate surface area is 97.8 Å². The quantitative estimate of drug-likeness (QED) is 0.813. The highest BCUT2D eigenvalue weighted by Crippen LogP contribution is 2.18. The number of anilines is 2. The molecule has 3 heteroatoms. The second-order valence-electron chi connectivity index (χ2n) is 4.58. The third-order valence-corrected chi connectivity index (χ3v) is 2.80. The van der Waals surface area contributed by atoms with Crippen molar-refractivity contribution in [1.29, 1.82) is 0 Å². The van der Waals surface area contributed by atoms with Crippen molar-refractivity contribution in [2.45, 2.75) is 19.9 Å².